The van der Waals surface area contributed by atoms with E-state index in [4.69, 9.17) is 9.47 Å². The fourth-order valence-corrected chi connectivity index (χ4v) is 2.04. The van der Waals surface area contributed by atoms with Crippen LogP contribution in [0.15, 0.2) is 11.8 Å². The van der Waals surface area contributed by atoms with Crippen LogP contribution in [0.1, 0.15) is 20.3 Å². The molecule has 1 aliphatic carbocycles. The van der Waals surface area contributed by atoms with E-state index in [0.717, 1.165) is 0 Å². The number of allylic oxidation sites excluding steroid dienone is 1. The van der Waals surface area contributed by atoms with Crippen molar-refractivity contribution in [3.63, 3.8) is 0 Å². The predicted molar refractivity (Wildman–Crippen MR) is 57.4 cm³/mol. The van der Waals surface area contributed by atoms with Crippen molar-refractivity contribution in [1.29, 1.82) is 0 Å². The number of hydrogen-bond acceptors (Lipinski definition) is 4. The van der Waals surface area contributed by atoms with Crippen molar-refractivity contribution in [1.82, 2.24) is 5.32 Å². The number of rotatable bonds is 3. The highest BCUT2D eigenvalue weighted by Gasteiger charge is 2.45. The smallest absolute Gasteiger partial charge is 0.221 e. The third-order valence-electron chi connectivity index (χ3n) is 2.75. The summed E-state index contributed by atoms with van der Waals surface area (Å²) in [5.41, 5.74) is 0.369. The number of hydrogen-bond donors (Lipinski definition) is 1. The molecule has 0 heterocycles. The van der Waals surface area contributed by atoms with Crippen molar-refractivity contribution in [2.45, 2.75) is 26.1 Å². The third kappa shape index (κ3) is 2.15. The van der Waals surface area contributed by atoms with Gasteiger partial charge < -0.3 is 14.8 Å². The lowest BCUT2D eigenvalue weighted by Crippen LogP contribution is -2.51. The van der Waals surface area contributed by atoms with Gasteiger partial charge in [-0.25, -0.2) is 0 Å². The molecule has 1 atom stereocenters. The molecule has 0 spiro atoms. The summed E-state index contributed by atoms with van der Waals surface area (Å²) in [6, 6.07) is 0. The van der Waals surface area contributed by atoms with Crippen LogP contribution in [0.25, 0.3) is 0 Å². The molecule has 1 N–H and O–H groups in total. The van der Waals surface area contributed by atoms with Crippen LogP contribution in [0.2, 0.25) is 0 Å². The number of nitrogens with one attached hydrogen (secondary N) is 1. The van der Waals surface area contributed by atoms with E-state index in [2.05, 4.69) is 5.32 Å². The summed E-state index contributed by atoms with van der Waals surface area (Å²) in [5.74, 6) is -1.49. The molecule has 0 radical (unpaired) electrons. The van der Waals surface area contributed by atoms with E-state index in [0.29, 0.717) is 12.1 Å². The Morgan fingerprint density at radius 3 is 2.50 bits per heavy atom. The summed E-state index contributed by atoms with van der Waals surface area (Å²) < 4.78 is 10.7. The van der Waals surface area contributed by atoms with Gasteiger partial charge in [-0.2, -0.15) is 0 Å². The molecule has 5 nitrogen and oxygen atoms in total. The Bertz CT molecular complexity index is 331. The lowest BCUT2D eigenvalue weighted by atomic mass is 9.86. The Morgan fingerprint density at radius 2 is 2.06 bits per heavy atom. The summed E-state index contributed by atoms with van der Waals surface area (Å²) in [6.07, 6.45) is 1.71. The van der Waals surface area contributed by atoms with Gasteiger partial charge in [0.2, 0.25) is 11.7 Å². The van der Waals surface area contributed by atoms with Crippen LogP contribution in [0.5, 0.6) is 0 Å². The summed E-state index contributed by atoms with van der Waals surface area (Å²) in [4.78, 5) is 22.5. The largest absolute Gasteiger partial charge is 0.348 e. The molecule has 0 aromatic heterocycles. The maximum atomic E-state index is 11.4. The number of methoxy groups -OCH3 is 2. The third-order valence-corrected chi connectivity index (χ3v) is 2.75. The molecule has 0 saturated carbocycles. The van der Waals surface area contributed by atoms with Crippen LogP contribution < -0.4 is 5.32 Å². The van der Waals surface area contributed by atoms with Crippen molar-refractivity contribution >= 4 is 11.7 Å². The van der Waals surface area contributed by atoms with Crippen LogP contribution in [0.3, 0.4) is 0 Å². The SMILES string of the molecule is COC1(OC)C(NC(C)=O)=CC(=O)CC1C. The van der Waals surface area contributed by atoms with E-state index in [-0.39, 0.29) is 17.6 Å². The van der Waals surface area contributed by atoms with Crippen LogP contribution in [-0.4, -0.2) is 31.7 Å². The normalized spacial score (nSPS) is 23.9. The van der Waals surface area contributed by atoms with E-state index in [1.54, 1.807) is 0 Å². The lowest BCUT2D eigenvalue weighted by Gasteiger charge is -2.40. The topological polar surface area (TPSA) is 64.6 Å². The summed E-state index contributed by atoms with van der Waals surface area (Å²) in [7, 11) is 2.98. The minimum absolute atomic E-state index is 0.0408. The maximum Gasteiger partial charge on any atom is 0.221 e. The van der Waals surface area contributed by atoms with E-state index >= 15 is 0 Å². The van der Waals surface area contributed by atoms with Gasteiger partial charge in [-0.15, -0.1) is 0 Å². The molecule has 0 aliphatic heterocycles. The Kier molecular flexibility index (Phi) is 3.83. The van der Waals surface area contributed by atoms with Crippen molar-refractivity contribution in [2.24, 2.45) is 5.92 Å². The number of ether oxygens (including phenoxy) is 2. The van der Waals surface area contributed by atoms with Crippen LogP contribution in [0.4, 0.5) is 0 Å². The van der Waals surface area contributed by atoms with Gasteiger partial charge in [0.25, 0.3) is 0 Å². The van der Waals surface area contributed by atoms with Crippen molar-refractivity contribution < 1.29 is 19.1 Å². The second kappa shape index (κ2) is 4.76. The second-order valence-electron chi connectivity index (χ2n) is 3.89. The summed E-state index contributed by atoms with van der Waals surface area (Å²) in [6.45, 7) is 3.22. The number of amides is 1. The van der Waals surface area contributed by atoms with E-state index < -0.39 is 5.79 Å². The zero-order chi connectivity index (χ0) is 12.3. The molecule has 0 bridgehead atoms. The first kappa shape index (κ1) is 12.9. The zero-order valence-electron chi connectivity index (χ0n) is 9.99. The van der Waals surface area contributed by atoms with Gasteiger partial charge in [0.05, 0.1) is 5.70 Å². The van der Waals surface area contributed by atoms with Gasteiger partial charge >= 0.3 is 0 Å². The molecule has 0 aromatic carbocycles. The Morgan fingerprint density at radius 1 is 1.50 bits per heavy atom. The molecule has 5 heteroatoms. The number of ketones is 1. The van der Waals surface area contributed by atoms with Gasteiger partial charge in [-0.1, -0.05) is 6.92 Å². The molecule has 0 saturated heterocycles. The standard InChI is InChI=1S/C11H17NO4/c1-7-5-9(14)6-10(12-8(2)13)11(7,15-3)16-4/h6-7H,5H2,1-4H3,(H,12,13). The van der Waals surface area contributed by atoms with Crippen LogP contribution in [-0.2, 0) is 19.1 Å². The quantitative estimate of drug-likeness (QED) is 0.717. The zero-order valence-corrected chi connectivity index (χ0v) is 9.99. The highest BCUT2D eigenvalue weighted by molar-refractivity contribution is 5.93. The number of carbonyl (C=O) groups excluding carboxylic acids is 2. The highest BCUT2D eigenvalue weighted by atomic mass is 16.7. The predicted octanol–water partition coefficient (Wildman–Crippen LogP) is 0.604. The average molecular weight is 227 g/mol. The van der Waals surface area contributed by atoms with E-state index in [1.165, 1.54) is 27.2 Å². The minimum atomic E-state index is -1.04. The first-order valence-electron chi connectivity index (χ1n) is 5.09. The van der Waals surface area contributed by atoms with Crippen LogP contribution >= 0.6 is 0 Å². The maximum absolute atomic E-state index is 11.4. The van der Waals surface area contributed by atoms with Gasteiger partial charge in [0, 0.05) is 39.6 Å². The molecule has 0 aromatic rings. The Hall–Kier alpha value is -1.20. The highest BCUT2D eigenvalue weighted by Crippen LogP contribution is 2.35. The summed E-state index contributed by atoms with van der Waals surface area (Å²) >= 11 is 0. The van der Waals surface area contributed by atoms with Crippen molar-refractivity contribution in [3.8, 4) is 0 Å². The molecule has 1 unspecified atom stereocenters. The molecule has 90 valence electrons. The molecular weight excluding hydrogens is 210 g/mol. The minimum Gasteiger partial charge on any atom is -0.348 e. The van der Waals surface area contributed by atoms with Crippen molar-refractivity contribution in [3.05, 3.63) is 11.8 Å². The lowest BCUT2D eigenvalue weighted by molar-refractivity contribution is -0.216. The van der Waals surface area contributed by atoms with Gasteiger partial charge in [0.1, 0.15) is 0 Å². The first-order chi connectivity index (χ1) is 7.46. The fourth-order valence-electron chi connectivity index (χ4n) is 2.04. The van der Waals surface area contributed by atoms with E-state index in [1.807, 2.05) is 6.92 Å². The molecular formula is C11H17NO4. The van der Waals surface area contributed by atoms with Crippen LogP contribution in [0, 0.1) is 5.92 Å². The fraction of sp³-hybridized carbons (Fsp3) is 0.636. The molecule has 0 fully saturated rings. The molecule has 1 aliphatic rings. The van der Waals surface area contributed by atoms with Gasteiger partial charge in [0.15, 0.2) is 5.78 Å². The van der Waals surface area contributed by atoms with E-state index in [9.17, 15) is 9.59 Å². The van der Waals surface area contributed by atoms with Gasteiger partial charge in [-0.3, -0.25) is 9.59 Å². The first-order valence-corrected chi connectivity index (χ1v) is 5.09. The van der Waals surface area contributed by atoms with Gasteiger partial charge in [-0.05, 0) is 0 Å². The summed E-state index contributed by atoms with van der Waals surface area (Å²) in [5, 5.41) is 2.59. The number of carbonyl (C=O) groups is 2. The average Bonchev–Trinajstić information content (AvgIpc) is 2.17. The van der Waals surface area contributed by atoms with Crippen molar-refractivity contribution in [2.75, 3.05) is 14.2 Å². The molecule has 1 amide bonds. The molecule has 16 heavy (non-hydrogen) atoms. The monoisotopic (exact) mass is 227 g/mol. The Balaban J connectivity index is 3.13. The Labute approximate surface area is 94.8 Å². The molecule has 1 rings (SSSR count). The second-order valence-corrected chi connectivity index (χ2v) is 3.89.